The zero-order valence-corrected chi connectivity index (χ0v) is 46.6. The maximum atomic E-state index is 14.7. The molecule has 5 N–H and O–H groups in total. The molecule has 0 unspecified atom stereocenters. The fraction of sp³-hybridized carbons (Fsp3) is 0.593. The van der Waals surface area contributed by atoms with Gasteiger partial charge in [-0.05, 0) is 93.6 Å². The molecule has 3 aromatic heterocycles. The number of carbonyl (C=O) groups excluding carboxylic acids is 4. The number of amides is 4. The third-order valence-corrected chi connectivity index (χ3v) is 18.3. The van der Waals surface area contributed by atoms with Crippen molar-refractivity contribution in [3.63, 3.8) is 0 Å². The zero-order chi connectivity index (χ0) is 53.9. The third kappa shape index (κ3) is 12.9. The number of β-amino-alcohol motifs (C(OH)–C–C–N with tert-alkyl or cyclic N) is 1. The smallest absolute Gasteiger partial charge is 0.258 e. The monoisotopic (exact) mass is 1100 g/mol. The number of nitrogens with zero attached hydrogens (tertiary/aromatic N) is 9. The summed E-state index contributed by atoms with van der Waals surface area (Å²) in [6.45, 7) is 16.9. The highest BCUT2D eigenvalue weighted by molar-refractivity contribution is 7.99. The first-order chi connectivity index (χ1) is 36.3. The van der Waals surface area contributed by atoms with Gasteiger partial charge in [0.2, 0.25) is 17.7 Å². The van der Waals surface area contributed by atoms with Gasteiger partial charge in [-0.3, -0.25) is 24.1 Å². The number of nitrogens with two attached hydrogens (primary N) is 1. The summed E-state index contributed by atoms with van der Waals surface area (Å²) in [6.07, 6.45) is 8.22. The second-order valence-corrected chi connectivity index (χ2v) is 24.8. The first-order valence-electron chi connectivity index (χ1n) is 26.6. The van der Waals surface area contributed by atoms with Crippen molar-refractivity contribution in [3.8, 4) is 16.2 Å². The van der Waals surface area contributed by atoms with Crippen LogP contribution in [0.15, 0.2) is 58.3 Å². The first kappa shape index (κ1) is 55.6. The van der Waals surface area contributed by atoms with E-state index in [0.717, 1.165) is 89.3 Å². The van der Waals surface area contributed by atoms with Crippen LogP contribution in [0.3, 0.4) is 0 Å². The van der Waals surface area contributed by atoms with Crippen LogP contribution in [-0.2, 0) is 25.7 Å². The molecule has 18 nitrogen and oxygen atoms in total. The second-order valence-electron chi connectivity index (χ2n) is 22.5. The van der Waals surface area contributed by atoms with E-state index in [9.17, 15) is 28.7 Å². The Labute approximate surface area is 458 Å². The minimum absolute atomic E-state index is 0.0206. The number of hydrogen-bond donors (Lipinski definition) is 4. The molecule has 0 bridgehead atoms. The average Bonchev–Trinajstić information content (AvgIpc) is 3.83. The van der Waals surface area contributed by atoms with Crippen LogP contribution in [0, 0.1) is 23.7 Å². The van der Waals surface area contributed by atoms with Gasteiger partial charge >= 0.3 is 0 Å². The number of alkyl halides is 1. The summed E-state index contributed by atoms with van der Waals surface area (Å²) in [6, 6.07) is 5.63. The van der Waals surface area contributed by atoms with Crippen molar-refractivity contribution in [2.45, 2.75) is 120 Å². The number of pyridine rings is 1. The molecule has 5 fully saturated rings. The van der Waals surface area contributed by atoms with Gasteiger partial charge in [0, 0.05) is 87.9 Å². The lowest BCUT2D eigenvalue weighted by Gasteiger charge is -2.39. The van der Waals surface area contributed by atoms with E-state index in [1.54, 1.807) is 38.7 Å². The molecule has 7 heterocycles. The minimum atomic E-state index is -1.98. The fourth-order valence-corrected chi connectivity index (χ4v) is 12.4. The Morgan fingerprint density at radius 1 is 0.974 bits per heavy atom. The summed E-state index contributed by atoms with van der Waals surface area (Å²) in [5, 5.41) is 17.6. The third-order valence-electron chi connectivity index (χ3n) is 15.8. The van der Waals surface area contributed by atoms with Gasteiger partial charge in [-0.2, -0.15) is 0 Å². The molecule has 4 saturated heterocycles. The van der Waals surface area contributed by atoms with E-state index < -0.39 is 47.0 Å². The minimum Gasteiger partial charge on any atom is -0.492 e. The van der Waals surface area contributed by atoms with Crippen LogP contribution in [-0.4, -0.2) is 166 Å². The van der Waals surface area contributed by atoms with Gasteiger partial charge in [0.05, 0.1) is 39.6 Å². The number of aliphatic hydroxyl groups excluding tert-OH is 1. The van der Waals surface area contributed by atoms with Crippen LogP contribution in [0.2, 0.25) is 5.02 Å². The number of halogens is 2. The summed E-state index contributed by atoms with van der Waals surface area (Å²) in [7, 11) is 0. The number of nitrogens with one attached hydrogen (secondary N) is 2. The Kier molecular flexibility index (Phi) is 17.1. The van der Waals surface area contributed by atoms with Gasteiger partial charge in [0.15, 0.2) is 5.67 Å². The Bertz CT molecular complexity index is 2720. The molecule has 5 aliphatic rings. The Morgan fingerprint density at radius 2 is 1.71 bits per heavy atom. The molecule has 3 atom stereocenters. The molecular formula is C54H72ClFN12O6S2. The molecule has 4 amide bonds. The maximum Gasteiger partial charge on any atom is 0.258 e. The molecule has 1 aliphatic carbocycles. The number of ether oxygens (including phenoxy) is 1. The van der Waals surface area contributed by atoms with Crippen LogP contribution < -0.4 is 30.9 Å². The van der Waals surface area contributed by atoms with E-state index in [0.29, 0.717) is 62.5 Å². The molecule has 1 aromatic carbocycles. The summed E-state index contributed by atoms with van der Waals surface area (Å²) in [5.74, 6) is 0.445. The number of hydrogen-bond acceptors (Lipinski definition) is 16. The topological polar surface area (TPSA) is 216 Å². The summed E-state index contributed by atoms with van der Waals surface area (Å²) >= 11 is 9.99. The van der Waals surface area contributed by atoms with Crippen molar-refractivity contribution in [3.05, 3.63) is 64.6 Å². The molecule has 4 aliphatic heterocycles. The number of aliphatic hydroxyl groups is 1. The summed E-state index contributed by atoms with van der Waals surface area (Å²) < 4.78 is 21.2. The van der Waals surface area contributed by atoms with Crippen LogP contribution in [0.5, 0.6) is 5.75 Å². The number of rotatable bonds is 17. The lowest BCUT2D eigenvalue weighted by atomic mass is 9.80. The van der Waals surface area contributed by atoms with E-state index in [1.165, 1.54) is 28.0 Å². The van der Waals surface area contributed by atoms with Gasteiger partial charge in [-0.1, -0.05) is 63.2 Å². The number of benzene rings is 1. The second kappa shape index (κ2) is 23.4. The van der Waals surface area contributed by atoms with Crippen molar-refractivity contribution in [1.82, 2.24) is 45.3 Å². The normalized spacial score (nSPS) is 21.3. The fourth-order valence-electron chi connectivity index (χ4n) is 10.5. The number of aryl methyl sites for hydroxylation is 1. The van der Waals surface area contributed by atoms with Crippen molar-refractivity contribution in [1.29, 1.82) is 0 Å². The zero-order valence-electron chi connectivity index (χ0n) is 44.2. The van der Waals surface area contributed by atoms with E-state index in [1.807, 2.05) is 42.3 Å². The van der Waals surface area contributed by atoms with Gasteiger partial charge in [-0.25, -0.2) is 24.3 Å². The highest BCUT2D eigenvalue weighted by atomic mass is 35.5. The lowest BCUT2D eigenvalue weighted by molar-refractivity contribution is -0.145. The van der Waals surface area contributed by atoms with E-state index in [2.05, 4.69) is 42.2 Å². The molecule has 0 radical (unpaired) electrons. The molecule has 22 heteroatoms. The van der Waals surface area contributed by atoms with Crippen molar-refractivity contribution < 1.29 is 33.4 Å². The Hall–Kier alpha value is -5.19. The summed E-state index contributed by atoms with van der Waals surface area (Å²) in [4.78, 5) is 84.9. The number of anilines is 2. The van der Waals surface area contributed by atoms with Crippen molar-refractivity contribution >= 4 is 70.0 Å². The number of likely N-dealkylation sites (tertiary alicyclic amines) is 2. The predicted octanol–water partition coefficient (Wildman–Crippen LogP) is 5.72. The number of piperazine rings is 1. The lowest BCUT2D eigenvalue weighted by Crippen LogP contribution is -2.59. The SMILES string of the molecule is Cc1ncsc1-c1ccc(CNC(=O)[C@@H]2C[C@@H](O)CN2C(=O)[C@@H](NC(=O)C2(F)CC2)C(C)(C)C)c(OCCN2CCC(C(=O)N3CCN(c4nccc(Sc5cnc(N6CCC(C)(CN)CC6)cn5)c4Cl)CC3)CC2)c1. The number of aromatic nitrogens is 4. The van der Waals surface area contributed by atoms with Crippen LogP contribution >= 0.6 is 34.7 Å². The van der Waals surface area contributed by atoms with Crippen molar-refractivity contribution in [2.24, 2.45) is 22.5 Å². The predicted molar refractivity (Wildman–Crippen MR) is 292 cm³/mol. The first-order valence-corrected chi connectivity index (χ1v) is 28.7. The van der Waals surface area contributed by atoms with Crippen molar-refractivity contribution in [2.75, 3.05) is 88.4 Å². The van der Waals surface area contributed by atoms with Gasteiger partial charge < -0.3 is 45.8 Å². The highest BCUT2D eigenvalue weighted by Gasteiger charge is 2.53. The molecule has 9 rings (SSSR count). The maximum absolute atomic E-state index is 14.7. The largest absolute Gasteiger partial charge is 0.492 e. The van der Waals surface area contributed by atoms with Gasteiger partial charge in [0.25, 0.3) is 5.91 Å². The van der Waals surface area contributed by atoms with E-state index >= 15 is 0 Å². The Balaban J connectivity index is 0.749. The Morgan fingerprint density at radius 3 is 2.36 bits per heavy atom. The summed E-state index contributed by atoms with van der Waals surface area (Å²) in [5.41, 5.74) is 7.77. The molecule has 410 valence electrons. The molecule has 1 saturated carbocycles. The quantitative estimate of drug-likeness (QED) is 0.0995. The molecule has 0 spiro atoms. The number of piperidine rings is 2. The highest BCUT2D eigenvalue weighted by Crippen LogP contribution is 2.41. The number of thiazole rings is 1. The van der Waals surface area contributed by atoms with Gasteiger partial charge in [0.1, 0.15) is 41.1 Å². The van der Waals surface area contributed by atoms with Crippen LogP contribution in [0.25, 0.3) is 10.4 Å². The molecule has 4 aromatic rings. The van der Waals surface area contributed by atoms with Crippen LogP contribution in [0.4, 0.5) is 16.0 Å². The number of carbonyl (C=O) groups is 4. The standard InChI is InChI=1S/C54H72ClFN12O6S2/c1-34-45(75-33-62-34)36-6-7-37(28-61-48(70)39-27-38(69)31-68(39)50(72)46(52(2,3)4)63-51(73)54(56)11-12-54)40(26-36)74-25-24-64-16-9-35(10-17-64)49(71)67-22-20-66(21-23-67)47-44(55)41(8-15-58-47)76-43-30-59-42(29-60-43)65-18-13-53(5,32-57)14-19-65/h6-8,15,26,29-30,33,35,38-39,46,69H,9-14,16-25,27-28,31-32,57H2,1-5H3,(H,61,70)(H,63,73)/t38-,39+,46-/m1/s1. The van der Waals surface area contributed by atoms with E-state index in [-0.39, 0.29) is 49.6 Å². The van der Waals surface area contributed by atoms with Crippen LogP contribution in [0.1, 0.15) is 83.9 Å². The average molecular weight is 1100 g/mol. The molecule has 76 heavy (non-hydrogen) atoms. The van der Waals surface area contributed by atoms with E-state index in [4.69, 9.17) is 32.0 Å². The molecular weight excluding hydrogens is 1030 g/mol. The van der Waals surface area contributed by atoms with Gasteiger partial charge in [-0.15, -0.1) is 11.3 Å².